The highest BCUT2D eigenvalue weighted by atomic mass is 79.9. The molecule has 5 rings (SSSR count). The first-order valence-electron chi connectivity index (χ1n) is 8.42. The molecule has 10 heteroatoms. The molecule has 27 heavy (non-hydrogen) atoms. The van der Waals surface area contributed by atoms with Crippen LogP contribution < -0.4 is 0 Å². The number of halogens is 1. The number of nitrogens with zero attached hydrogens (tertiary/aromatic N) is 5. The first-order valence-corrected chi connectivity index (χ1v) is 10.2. The summed E-state index contributed by atoms with van der Waals surface area (Å²) < 4.78 is 19.3. The Bertz CT molecular complexity index is 1050. The zero-order chi connectivity index (χ0) is 18.2. The van der Waals surface area contributed by atoms with Gasteiger partial charge in [-0.15, -0.1) is 20.4 Å². The Morgan fingerprint density at radius 3 is 2.78 bits per heavy atom. The molecule has 0 unspecified atom stereocenters. The maximum absolute atomic E-state index is 5.68. The second-order valence-electron chi connectivity index (χ2n) is 6.17. The maximum Gasteiger partial charge on any atom is 0.283 e. The molecular formula is C17H14BrN5O3S. The topological polar surface area (TPSA) is 95.9 Å². The Morgan fingerprint density at radius 2 is 2.04 bits per heavy atom. The van der Waals surface area contributed by atoms with Crippen molar-refractivity contribution in [1.82, 2.24) is 25.0 Å². The summed E-state index contributed by atoms with van der Waals surface area (Å²) in [5.41, 5.74) is 0. The van der Waals surface area contributed by atoms with Crippen molar-refractivity contribution in [3.8, 4) is 11.7 Å². The van der Waals surface area contributed by atoms with E-state index >= 15 is 0 Å². The van der Waals surface area contributed by atoms with E-state index in [0.717, 1.165) is 29.6 Å². The molecule has 0 atom stereocenters. The third-order valence-corrected chi connectivity index (χ3v) is 5.54. The quantitative estimate of drug-likeness (QED) is 0.382. The predicted octanol–water partition coefficient (Wildman–Crippen LogP) is 4.49. The third-order valence-electron chi connectivity index (χ3n) is 4.16. The van der Waals surface area contributed by atoms with Crippen LogP contribution in [0.1, 0.15) is 36.2 Å². The fourth-order valence-corrected chi connectivity index (χ4v) is 3.81. The van der Waals surface area contributed by atoms with E-state index in [2.05, 4.69) is 40.9 Å². The summed E-state index contributed by atoms with van der Waals surface area (Å²) in [7, 11) is 0. The molecule has 1 saturated carbocycles. The lowest BCUT2D eigenvalue weighted by molar-refractivity contribution is 0.478. The summed E-state index contributed by atoms with van der Waals surface area (Å²) in [6.45, 7) is 0.615. The fraction of sp³-hybridized carbons (Fsp3) is 0.294. The van der Waals surface area contributed by atoms with Crippen LogP contribution in [-0.2, 0) is 12.3 Å². The van der Waals surface area contributed by atoms with Crippen LogP contribution in [0.15, 0.2) is 53.6 Å². The van der Waals surface area contributed by atoms with E-state index in [0.29, 0.717) is 40.4 Å². The van der Waals surface area contributed by atoms with Crippen LogP contribution in [-0.4, -0.2) is 25.0 Å². The van der Waals surface area contributed by atoms with Gasteiger partial charge in [0.2, 0.25) is 5.89 Å². The summed E-state index contributed by atoms with van der Waals surface area (Å²) in [6.07, 6.45) is 4.00. The van der Waals surface area contributed by atoms with Gasteiger partial charge in [-0.05, 0) is 53.0 Å². The highest BCUT2D eigenvalue weighted by molar-refractivity contribution is 9.10. The zero-order valence-electron chi connectivity index (χ0n) is 14.0. The van der Waals surface area contributed by atoms with Gasteiger partial charge in [0.1, 0.15) is 11.6 Å². The van der Waals surface area contributed by atoms with Crippen molar-refractivity contribution in [3.05, 3.63) is 52.7 Å². The Labute approximate surface area is 166 Å². The molecule has 1 fully saturated rings. The van der Waals surface area contributed by atoms with E-state index in [9.17, 15) is 0 Å². The Hall–Kier alpha value is -2.33. The van der Waals surface area contributed by atoms with Crippen LogP contribution in [0.4, 0.5) is 0 Å². The predicted molar refractivity (Wildman–Crippen MR) is 99.1 cm³/mol. The van der Waals surface area contributed by atoms with Gasteiger partial charge in [-0.25, -0.2) is 0 Å². The van der Waals surface area contributed by atoms with E-state index in [4.69, 9.17) is 13.3 Å². The van der Waals surface area contributed by atoms with Crippen LogP contribution >= 0.6 is 27.7 Å². The van der Waals surface area contributed by atoms with Crippen molar-refractivity contribution >= 4 is 27.7 Å². The molecule has 0 saturated heterocycles. The van der Waals surface area contributed by atoms with E-state index < -0.39 is 0 Å². The summed E-state index contributed by atoms with van der Waals surface area (Å²) in [4.78, 5) is 0. The van der Waals surface area contributed by atoms with Gasteiger partial charge in [0, 0.05) is 5.92 Å². The lowest BCUT2D eigenvalue weighted by Gasteiger charge is -2.07. The molecule has 0 N–H and O–H groups in total. The highest BCUT2D eigenvalue weighted by Crippen LogP contribution is 2.40. The number of thioether (sulfide) groups is 1. The molecule has 138 valence electrons. The first kappa shape index (κ1) is 16.8. The zero-order valence-corrected chi connectivity index (χ0v) is 16.4. The van der Waals surface area contributed by atoms with Gasteiger partial charge >= 0.3 is 0 Å². The van der Waals surface area contributed by atoms with E-state index in [1.807, 2.05) is 12.1 Å². The largest absolute Gasteiger partial charge is 0.467 e. The Kier molecular flexibility index (Phi) is 4.36. The number of rotatable bonds is 7. The van der Waals surface area contributed by atoms with Crippen LogP contribution in [0.3, 0.4) is 0 Å². The van der Waals surface area contributed by atoms with Crippen LogP contribution in [0.25, 0.3) is 11.7 Å². The van der Waals surface area contributed by atoms with Gasteiger partial charge in [-0.1, -0.05) is 11.8 Å². The molecule has 8 nitrogen and oxygen atoms in total. The molecule has 0 radical (unpaired) electrons. The lowest BCUT2D eigenvalue weighted by Crippen LogP contribution is -2.05. The van der Waals surface area contributed by atoms with E-state index in [1.165, 1.54) is 11.8 Å². The summed E-state index contributed by atoms with van der Waals surface area (Å²) in [5.74, 6) is 4.27. The first-order chi connectivity index (χ1) is 13.3. The minimum Gasteiger partial charge on any atom is -0.467 e. The summed E-state index contributed by atoms with van der Waals surface area (Å²) in [6, 6.07) is 7.40. The molecule has 1 aliphatic carbocycles. The molecule has 0 amide bonds. The van der Waals surface area contributed by atoms with Gasteiger partial charge < -0.3 is 13.3 Å². The third kappa shape index (κ3) is 3.59. The number of hydrogen-bond donors (Lipinski definition) is 0. The van der Waals surface area contributed by atoms with Gasteiger partial charge in [-0.2, -0.15) is 0 Å². The number of aromatic nitrogens is 5. The molecule has 4 aromatic heterocycles. The Morgan fingerprint density at radius 1 is 1.11 bits per heavy atom. The molecular weight excluding hydrogens is 434 g/mol. The molecule has 0 aromatic carbocycles. The van der Waals surface area contributed by atoms with Crippen LogP contribution in [0.5, 0.6) is 0 Å². The normalized spacial score (nSPS) is 14.1. The van der Waals surface area contributed by atoms with Crippen molar-refractivity contribution in [2.75, 3.05) is 0 Å². The smallest absolute Gasteiger partial charge is 0.283 e. The van der Waals surface area contributed by atoms with Gasteiger partial charge in [0.05, 0.1) is 18.6 Å². The number of hydrogen-bond acceptors (Lipinski definition) is 8. The van der Waals surface area contributed by atoms with Crippen molar-refractivity contribution < 1.29 is 13.3 Å². The minimum absolute atomic E-state index is 0.354. The van der Waals surface area contributed by atoms with Gasteiger partial charge in [0.25, 0.3) is 5.89 Å². The second-order valence-corrected chi connectivity index (χ2v) is 7.90. The highest BCUT2D eigenvalue weighted by Gasteiger charge is 2.30. The monoisotopic (exact) mass is 447 g/mol. The van der Waals surface area contributed by atoms with E-state index in [-0.39, 0.29) is 0 Å². The molecule has 1 aliphatic rings. The maximum atomic E-state index is 5.68. The molecule has 4 aromatic rings. The molecule has 4 heterocycles. The van der Waals surface area contributed by atoms with Crippen LogP contribution in [0, 0.1) is 0 Å². The average Bonchev–Trinajstić information content (AvgIpc) is 3.11. The van der Waals surface area contributed by atoms with Crippen LogP contribution in [0.2, 0.25) is 0 Å². The molecule has 0 spiro atoms. The van der Waals surface area contributed by atoms with Crippen molar-refractivity contribution in [3.63, 3.8) is 0 Å². The lowest BCUT2D eigenvalue weighted by atomic mass is 10.3. The summed E-state index contributed by atoms with van der Waals surface area (Å²) >= 11 is 4.78. The van der Waals surface area contributed by atoms with Crippen molar-refractivity contribution in [2.45, 2.75) is 36.2 Å². The number of furan rings is 2. The standard InChI is InChI=1S/C17H14BrN5O3S/c18-13-6-5-12(25-13)16-21-19-14(26-16)9-27-17-22-20-15(10-3-4-10)23(17)8-11-2-1-7-24-11/h1-2,5-7,10H,3-4,8-9H2. The molecule has 0 bridgehead atoms. The Balaban J connectivity index is 1.33. The van der Waals surface area contributed by atoms with Gasteiger partial charge in [0.15, 0.2) is 15.6 Å². The summed E-state index contributed by atoms with van der Waals surface area (Å²) in [5, 5.41) is 17.7. The van der Waals surface area contributed by atoms with Crippen molar-refractivity contribution in [1.29, 1.82) is 0 Å². The SMILES string of the molecule is Brc1ccc(-c2nnc(CSc3nnc(C4CC4)n3Cc3ccco3)o2)o1. The average molecular weight is 448 g/mol. The minimum atomic E-state index is 0.354. The van der Waals surface area contributed by atoms with Crippen molar-refractivity contribution in [2.24, 2.45) is 0 Å². The second kappa shape index (κ2) is 7.01. The fourth-order valence-electron chi connectivity index (χ4n) is 2.72. The van der Waals surface area contributed by atoms with E-state index in [1.54, 1.807) is 18.4 Å². The van der Waals surface area contributed by atoms with Gasteiger partial charge in [-0.3, -0.25) is 4.57 Å². The molecule has 0 aliphatic heterocycles.